The first-order valence-corrected chi connectivity index (χ1v) is 11.1. The number of carbonyl (C=O) groups excluding carboxylic acids is 1. The van der Waals surface area contributed by atoms with Crippen molar-refractivity contribution >= 4 is 28.4 Å². The summed E-state index contributed by atoms with van der Waals surface area (Å²) in [6.45, 7) is 7.01. The third-order valence-corrected chi connectivity index (χ3v) is 6.14. The van der Waals surface area contributed by atoms with Gasteiger partial charge in [-0.25, -0.2) is 9.37 Å². The van der Waals surface area contributed by atoms with E-state index in [2.05, 4.69) is 20.5 Å². The van der Waals surface area contributed by atoms with Crippen LogP contribution in [0.15, 0.2) is 48.5 Å². The maximum absolute atomic E-state index is 13.4. The van der Waals surface area contributed by atoms with E-state index in [9.17, 15) is 14.3 Å². The summed E-state index contributed by atoms with van der Waals surface area (Å²) >= 11 is 6.45. The molecule has 0 aliphatic heterocycles. The van der Waals surface area contributed by atoms with E-state index in [1.54, 1.807) is 44.2 Å². The van der Waals surface area contributed by atoms with Crippen molar-refractivity contribution in [3.8, 4) is 11.3 Å². The molecule has 2 aromatic carbocycles. The van der Waals surface area contributed by atoms with Crippen LogP contribution >= 0.6 is 11.6 Å². The molecule has 34 heavy (non-hydrogen) atoms. The summed E-state index contributed by atoms with van der Waals surface area (Å²) in [6, 6.07) is 12.9. The number of benzene rings is 2. The Kier molecular flexibility index (Phi) is 6.34. The number of aryl methyl sites for hydroxylation is 3. The number of aliphatic hydroxyl groups is 1. The van der Waals surface area contributed by atoms with Gasteiger partial charge < -0.3 is 10.4 Å². The number of halogens is 2. The number of fused-ring (bicyclic) bond motifs is 1. The molecule has 6 nitrogen and oxygen atoms in total. The maximum Gasteiger partial charge on any atom is 0.251 e. The van der Waals surface area contributed by atoms with E-state index < -0.39 is 5.60 Å². The SMILES string of the molecule is Cc1cc2cc(C(=O)NCC(C)(O)c3cc(C)c(Cl)c(-c4ccc(F)cc4)n3)cc(C)c2nn1. The van der Waals surface area contributed by atoms with Gasteiger partial charge in [-0.15, -0.1) is 5.10 Å². The van der Waals surface area contributed by atoms with E-state index >= 15 is 0 Å². The average Bonchev–Trinajstić information content (AvgIpc) is 2.79. The van der Waals surface area contributed by atoms with Crippen molar-refractivity contribution in [2.45, 2.75) is 33.3 Å². The molecule has 1 unspecified atom stereocenters. The number of hydrogen-bond donors (Lipinski definition) is 2. The third kappa shape index (κ3) is 4.76. The van der Waals surface area contributed by atoms with Crippen LogP contribution in [0, 0.1) is 26.6 Å². The van der Waals surface area contributed by atoms with Crippen molar-refractivity contribution in [2.24, 2.45) is 0 Å². The summed E-state index contributed by atoms with van der Waals surface area (Å²) in [5, 5.41) is 23.5. The smallest absolute Gasteiger partial charge is 0.251 e. The van der Waals surface area contributed by atoms with E-state index in [-0.39, 0.29) is 18.3 Å². The molecule has 2 heterocycles. The quantitative estimate of drug-likeness (QED) is 0.419. The highest BCUT2D eigenvalue weighted by Crippen LogP contribution is 2.32. The van der Waals surface area contributed by atoms with Crippen molar-refractivity contribution < 1.29 is 14.3 Å². The predicted molar refractivity (Wildman–Crippen MR) is 130 cm³/mol. The largest absolute Gasteiger partial charge is 0.382 e. The first-order chi connectivity index (χ1) is 16.0. The zero-order valence-corrected chi connectivity index (χ0v) is 20.0. The molecule has 8 heteroatoms. The van der Waals surface area contributed by atoms with Crippen molar-refractivity contribution in [1.29, 1.82) is 0 Å². The second kappa shape index (κ2) is 9.08. The van der Waals surface area contributed by atoms with E-state index in [4.69, 9.17) is 11.6 Å². The van der Waals surface area contributed by atoms with Crippen LogP contribution in [-0.4, -0.2) is 32.7 Å². The van der Waals surface area contributed by atoms with Crippen LogP contribution < -0.4 is 5.32 Å². The summed E-state index contributed by atoms with van der Waals surface area (Å²) in [7, 11) is 0. The Morgan fingerprint density at radius 3 is 2.47 bits per heavy atom. The van der Waals surface area contributed by atoms with Gasteiger partial charge in [0.15, 0.2) is 0 Å². The summed E-state index contributed by atoms with van der Waals surface area (Å²) in [6.07, 6.45) is 0. The Balaban J connectivity index is 1.59. The molecule has 0 spiro atoms. The summed E-state index contributed by atoms with van der Waals surface area (Å²) in [5.74, 6) is -0.697. The fraction of sp³-hybridized carbons (Fsp3) is 0.231. The molecule has 0 bridgehead atoms. The highest BCUT2D eigenvalue weighted by molar-refractivity contribution is 6.33. The summed E-state index contributed by atoms with van der Waals surface area (Å²) in [4.78, 5) is 17.5. The highest BCUT2D eigenvalue weighted by atomic mass is 35.5. The highest BCUT2D eigenvalue weighted by Gasteiger charge is 2.28. The molecule has 1 amide bonds. The number of rotatable bonds is 5. The van der Waals surface area contributed by atoms with Gasteiger partial charge in [-0.2, -0.15) is 5.10 Å². The van der Waals surface area contributed by atoms with Gasteiger partial charge in [0, 0.05) is 16.5 Å². The van der Waals surface area contributed by atoms with Crippen molar-refractivity contribution in [3.05, 3.63) is 87.4 Å². The molecule has 4 rings (SSSR count). The van der Waals surface area contributed by atoms with Gasteiger partial charge in [0.05, 0.1) is 34.2 Å². The van der Waals surface area contributed by atoms with E-state index in [0.29, 0.717) is 33.1 Å². The van der Waals surface area contributed by atoms with Gasteiger partial charge in [0.1, 0.15) is 11.4 Å². The third-order valence-electron chi connectivity index (χ3n) is 5.67. The second-order valence-electron chi connectivity index (χ2n) is 8.67. The van der Waals surface area contributed by atoms with Crippen LogP contribution in [0.2, 0.25) is 5.02 Å². The Hall–Kier alpha value is -3.42. The maximum atomic E-state index is 13.4. The van der Waals surface area contributed by atoms with E-state index in [0.717, 1.165) is 22.2 Å². The van der Waals surface area contributed by atoms with Crippen LogP contribution in [0.3, 0.4) is 0 Å². The molecule has 0 aliphatic carbocycles. The lowest BCUT2D eigenvalue weighted by Gasteiger charge is -2.25. The van der Waals surface area contributed by atoms with E-state index in [1.807, 2.05) is 19.9 Å². The fourth-order valence-corrected chi connectivity index (χ4v) is 3.95. The number of nitrogens with zero attached hydrogens (tertiary/aromatic N) is 3. The number of amides is 1. The first-order valence-electron chi connectivity index (χ1n) is 10.7. The molecule has 0 saturated carbocycles. The molecule has 1 atom stereocenters. The van der Waals surface area contributed by atoms with Crippen LogP contribution in [-0.2, 0) is 5.60 Å². The molecule has 2 N–H and O–H groups in total. The second-order valence-corrected chi connectivity index (χ2v) is 9.05. The summed E-state index contributed by atoms with van der Waals surface area (Å²) in [5.41, 5.74) is 3.42. The zero-order chi connectivity index (χ0) is 24.6. The van der Waals surface area contributed by atoms with Crippen LogP contribution in [0.25, 0.3) is 22.2 Å². The van der Waals surface area contributed by atoms with Gasteiger partial charge in [-0.1, -0.05) is 11.6 Å². The minimum atomic E-state index is -1.48. The molecule has 0 saturated heterocycles. The number of carbonyl (C=O) groups is 1. The topological polar surface area (TPSA) is 88.0 Å². The molecule has 0 aliphatic rings. The van der Waals surface area contributed by atoms with Crippen LogP contribution in [0.5, 0.6) is 0 Å². The van der Waals surface area contributed by atoms with Gasteiger partial charge in [-0.05, 0) is 87.4 Å². The molecule has 2 aromatic heterocycles. The lowest BCUT2D eigenvalue weighted by atomic mass is 9.98. The average molecular weight is 479 g/mol. The van der Waals surface area contributed by atoms with E-state index in [1.165, 1.54) is 12.1 Å². The normalized spacial score (nSPS) is 13.0. The fourth-order valence-electron chi connectivity index (χ4n) is 3.74. The molecule has 0 radical (unpaired) electrons. The Labute approximate surface area is 201 Å². The van der Waals surface area contributed by atoms with Gasteiger partial charge >= 0.3 is 0 Å². The van der Waals surface area contributed by atoms with Gasteiger partial charge in [0.2, 0.25) is 0 Å². The monoisotopic (exact) mass is 478 g/mol. The minimum absolute atomic E-state index is 0.0759. The molecular weight excluding hydrogens is 455 g/mol. The van der Waals surface area contributed by atoms with Crippen molar-refractivity contribution in [2.75, 3.05) is 6.54 Å². The number of hydrogen-bond acceptors (Lipinski definition) is 5. The lowest BCUT2D eigenvalue weighted by Crippen LogP contribution is -2.39. The summed E-state index contributed by atoms with van der Waals surface area (Å²) < 4.78 is 13.4. The number of nitrogens with one attached hydrogen (secondary N) is 1. The standard InChI is InChI=1S/C26H24ClFN4O2/c1-14-10-21(30-24(22(14)27)17-5-7-20(28)8-6-17)26(4,34)13-29-25(33)19-9-15(2)23-18(12-19)11-16(3)31-32-23/h5-12,34H,13H2,1-4H3,(H,29,33). The van der Waals surface area contributed by atoms with Crippen LogP contribution in [0.1, 0.15) is 39.8 Å². The molecule has 4 aromatic rings. The van der Waals surface area contributed by atoms with Gasteiger partial charge in [0.25, 0.3) is 5.91 Å². The molecule has 174 valence electrons. The lowest BCUT2D eigenvalue weighted by molar-refractivity contribution is 0.0490. The predicted octanol–water partition coefficient (Wildman–Crippen LogP) is 5.05. The Morgan fingerprint density at radius 1 is 1.06 bits per heavy atom. The van der Waals surface area contributed by atoms with Crippen LogP contribution in [0.4, 0.5) is 4.39 Å². The molecular formula is C26H24ClFN4O2. The van der Waals surface area contributed by atoms with Crippen molar-refractivity contribution in [1.82, 2.24) is 20.5 Å². The Morgan fingerprint density at radius 2 is 1.76 bits per heavy atom. The number of aromatic nitrogens is 3. The van der Waals surface area contributed by atoms with Gasteiger partial charge in [-0.3, -0.25) is 4.79 Å². The Bertz CT molecular complexity index is 1400. The first kappa shape index (κ1) is 23.7. The van der Waals surface area contributed by atoms with Crippen molar-refractivity contribution in [3.63, 3.8) is 0 Å². The zero-order valence-electron chi connectivity index (χ0n) is 19.3. The number of pyridine rings is 1. The molecule has 0 fully saturated rings. The minimum Gasteiger partial charge on any atom is -0.382 e.